The first-order valence-electron chi connectivity index (χ1n) is 8.92. The Bertz CT molecular complexity index is 876. The smallest absolute Gasteiger partial charge is 0.320 e. The van der Waals surface area contributed by atoms with E-state index < -0.39 is 17.0 Å². The van der Waals surface area contributed by atoms with Gasteiger partial charge in [0.05, 0.1) is 11.0 Å². The molecule has 0 saturated carbocycles. The summed E-state index contributed by atoms with van der Waals surface area (Å²) in [6, 6.07) is 17.4. The maximum absolute atomic E-state index is 12.9. The van der Waals surface area contributed by atoms with Crippen LogP contribution in [0.2, 0.25) is 0 Å². The van der Waals surface area contributed by atoms with Gasteiger partial charge in [-0.05, 0) is 69.3 Å². The molecule has 1 unspecified atom stereocenters. The van der Waals surface area contributed by atoms with Crippen LogP contribution in [0.1, 0.15) is 32.1 Å². The lowest BCUT2D eigenvalue weighted by Crippen LogP contribution is -2.49. The highest BCUT2D eigenvalue weighted by atomic mass is 32.1. The molecule has 5 heteroatoms. The average Bonchev–Trinajstić information content (AvgIpc) is 3.31. The second-order valence-corrected chi connectivity index (χ2v) is 9.45. The number of rotatable bonds is 7. The number of hydrogen-bond donors (Lipinski definition) is 1. The molecule has 0 aliphatic heterocycles. The largest absolute Gasteiger partial charge is 0.426 e. The molecule has 1 N–H and O–H groups in total. The van der Waals surface area contributed by atoms with Gasteiger partial charge in [0.2, 0.25) is 0 Å². The summed E-state index contributed by atoms with van der Waals surface area (Å²) in [6.45, 7) is 5.13. The molecule has 3 rings (SSSR count). The van der Waals surface area contributed by atoms with Crippen LogP contribution in [0, 0.1) is 5.41 Å². The van der Waals surface area contributed by atoms with Gasteiger partial charge in [-0.1, -0.05) is 24.3 Å². The van der Waals surface area contributed by atoms with E-state index in [1.165, 1.54) is 14.6 Å². The van der Waals surface area contributed by atoms with Crippen molar-refractivity contribution < 1.29 is 14.6 Å². The van der Waals surface area contributed by atoms with Crippen LogP contribution in [0.25, 0.3) is 9.75 Å². The highest BCUT2D eigenvalue weighted by molar-refractivity contribution is 7.21. The maximum Gasteiger partial charge on any atom is 0.320 e. The molecule has 0 aliphatic carbocycles. The highest BCUT2D eigenvalue weighted by Crippen LogP contribution is 2.39. The van der Waals surface area contributed by atoms with Crippen molar-refractivity contribution in [1.82, 2.24) is 0 Å². The van der Waals surface area contributed by atoms with Crippen molar-refractivity contribution in [2.45, 2.75) is 39.2 Å². The third kappa shape index (κ3) is 4.49. The van der Waals surface area contributed by atoms with Gasteiger partial charge < -0.3 is 9.84 Å². The number of thiophene rings is 2. The Balaban J connectivity index is 1.74. The summed E-state index contributed by atoms with van der Waals surface area (Å²) in [5, 5.41) is 12.8. The van der Waals surface area contributed by atoms with E-state index in [9.17, 15) is 9.90 Å². The Kier molecular flexibility index (Phi) is 5.84. The molecular weight excluding hydrogens is 376 g/mol. The quantitative estimate of drug-likeness (QED) is 0.403. The van der Waals surface area contributed by atoms with Gasteiger partial charge in [0, 0.05) is 14.6 Å². The van der Waals surface area contributed by atoms with Crippen molar-refractivity contribution >= 4 is 28.6 Å². The Labute approximate surface area is 168 Å². The van der Waals surface area contributed by atoms with Crippen molar-refractivity contribution in [3.05, 3.63) is 64.9 Å². The van der Waals surface area contributed by atoms with E-state index in [1.807, 2.05) is 24.3 Å². The summed E-state index contributed by atoms with van der Waals surface area (Å²) >= 11 is 3.45. The maximum atomic E-state index is 12.9. The first kappa shape index (κ1) is 19.8. The van der Waals surface area contributed by atoms with E-state index in [4.69, 9.17) is 4.74 Å². The van der Waals surface area contributed by atoms with E-state index in [2.05, 4.69) is 23.6 Å². The van der Waals surface area contributed by atoms with Crippen molar-refractivity contribution in [1.29, 1.82) is 0 Å². The van der Waals surface area contributed by atoms with Crippen molar-refractivity contribution in [3.63, 3.8) is 0 Å². The molecule has 0 spiro atoms. The first-order chi connectivity index (χ1) is 12.8. The molecule has 27 heavy (non-hydrogen) atoms. The summed E-state index contributed by atoms with van der Waals surface area (Å²) in [7, 11) is 0. The number of aryl methyl sites for hydroxylation is 1. The van der Waals surface area contributed by atoms with Crippen molar-refractivity contribution in [2.75, 3.05) is 0 Å². The summed E-state index contributed by atoms with van der Waals surface area (Å²) in [5.41, 5.74) is -2.22. The van der Waals surface area contributed by atoms with Gasteiger partial charge in [-0.2, -0.15) is 0 Å². The zero-order chi connectivity index (χ0) is 19.5. The summed E-state index contributed by atoms with van der Waals surface area (Å²) in [4.78, 5) is 16.6. The lowest BCUT2D eigenvalue weighted by Gasteiger charge is -2.38. The average molecular weight is 401 g/mol. The van der Waals surface area contributed by atoms with Crippen LogP contribution >= 0.6 is 22.7 Å². The fraction of sp³-hybridized carbons (Fsp3) is 0.318. The van der Waals surface area contributed by atoms with Crippen molar-refractivity contribution in [3.8, 4) is 15.5 Å². The van der Waals surface area contributed by atoms with E-state index in [-0.39, 0.29) is 0 Å². The number of aliphatic hydroxyl groups is 1. The molecular formula is C22H24O3S2. The van der Waals surface area contributed by atoms with Crippen LogP contribution in [0.5, 0.6) is 5.75 Å². The zero-order valence-electron chi connectivity index (χ0n) is 15.8. The second kappa shape index (κ2) is 7.97. The predicted octanol–water partition coefficient (Wildman–Crippen LogP) is 5.79. The molecule has 1 aromatic carbocycles. The number of ether oxygens (including phenoxy) is 1. The molecule has 0 amide bonds. The number of hydrogen-bond acceptors (Lipinski definition) is 5. The Morgan fingerprint density at radius 1 is 1.00 bits per heavy atom. The summed E-state index contributed by atoms with van der Waals surface area (Å²) in [6.07, 6.45) is 1.22. The second-order valence-electron chi connectivity index (χ2n) is 7.34. The molecule has 0 saturated heterocycles. The summed E-state index contributed by atoms with van der Waals surface area (Å²) in [5.74, 6) is 0.0883. The molecule has 3 nitrogen and oxygen atoms in total. The standard InChI is InChI=1S/C22H24O3S2/c1-21(2,24)22(3,20(23)25-16-8-5-4-6-9-16)14-13-17-11-12-19(27-17)18-10-7-15-26-18/h4-12,15,24H,13-14H2,1-3H3. The van der Waals surface area contributed by atoms with Crippen LogP contribution in [-0.4, -0.2) is 16.7 Å². The Morgan fingerprint density at radius 2 is 1.74 bits per heavy atom. The monoisotopic (exact) mass is 400 g/mol. The molecule has 0 bridgehead atoms. The van der Waals surface area contributed by atoms with Gasteiger partial charge in [-0.15, -0.1) is 22.7 Å². The third-order valence-corrected chi connectivity index (χ3v) is 7.26. The van der Waals surface area contributed by atoms with Crippen LogP contribution < -0.4 is 4.74 Å². The van der Waals surface area contributed by atoms with Gasteiger partial charge in [-0.25, -0.2) is 0 Å². The van der Waals surface area contributed by atoms with E-state index in [0.717, 1.165) is 0 Å². The van der Waals surface area contributed by atoms with Gasteiger partial charge >= 0.3 is 5.97 Å². The van der Waals surface area contributed by atoms with E-state index in [0.29, 0.717) is 18.6 Å². The zero-order valence-corrected chi connectivity index (χ0v) is 17.4. The topological polar surface area (TPSA) is 46.5 Å². The fourth-order valence-corrected chi connectivity index (χ4v) is 4.64. The molecule has 0 radical (unpaired) electrons. The van der Waals surface area contributed by atoms with Gasteiger partial charge in [0.15, 0.2) is 0 Å². The summed E-state index contributed by atoms with van der Waals surface area (Å²) < 4.78 is 5.56. The molecule has 1 atom stereocenters. The molecule has 3 aromatic rings. The van der Waals surface area contributed by atoms with E-state index in [1.54, 1.807) is 55.6 Å². The predicted molar refractivity (Wildman–Crippen MR) is 112 cm³/mol. The third-order valence-electron chi connectivity index (χ3n) is 5.05. The highest BCUT2D eigenvalue weighted by Gasteiger charge is 2.47. The fourth-order valence-electron chi connectivity index (χ4n) is 2.80. The minimum atomic E-state index is -1.20. The SMILES string of the molecule is CC(C)(O)C(C)(CCc1ccc(-c2cccs2)s1)C(=O)Oc1ccccc1. The van der Waals surface area contributed by atoms with Gasteiger partial charge in [0.25, 0.3) is 0 Å². The number of para-hydroxylation sites is 1. The number of benzene rings is 1. The number of carbonyl (C=O) groups is 1. The lowest BCUT2D eigenvalue weighted by atomic mass is 9.72. The Morgan fingerprint density at radius 3 is 2.37 bits per heavy atom. The minimum absolute atomic E-state index is 0.406. The normalized spacial score (nSPS) is 13.9. The van der Waals surface area contributed by atoms with Crippen LogP contribution in [0.3, 0.4) is 0 Å². The van der Waals surface area contributed by atoms with E-state index >= 15 is 0 Å². The Hall–Kier alpha value is -1.95. The minimum Gasteiger partial charge on any atom is -0.426 e. The van der Waals surface area contributed by atoms with Crippen LogP contribution in [0.15, 0.2) is 60.0 Å². The molecule has 2 heterocycles. The van der Waals surface area contributed by atoms with Gasteiger partial charge in [-0.3, -0.25) is 4.79 Å². The molecule has 2 aromatic heterocycles. The number of carbonyl (C=O) groups excluding carboxylic acids is 1. The van der Waals surface area contributed by atoms with Crippen LogP contribution in [-0.2, 0) is 11.2 Å². The molecule has 142 valence electrons. The number of esters is 1. The first-order valence-corrected chi connectivity index (χ1v) is 10.6. The molecule has 0 aliphatic rings. The van der Waals surface area contributed by atoms with Crippen LogP contribution in [0.4, 0.5) is 0 Å². The van der Waals surface area contributed by atoms with Crippen molar-refractivity contribution in [2.24, 2.45) is 5.41 Å². The lowest BCUT2D eigenvalue weighted by molar-refractivity contribution is -0.160. The van der Waals surface area contributed by atoms with Gasteiger partial charge in [0.1, 0.15) is 5.75 Å². The molecule has 0 fully saturated rings.